The van der Waals surface area contributed by atoms with E-state index in [2.05, 4.69) is 122 Å². The van der Waals surface area contributed by atoms with Crippen LogP contribution in [0.3, 0.4) is 0 Å². The van der Waals surface area contributed by atoms with E-state index in [-0.39, 0.29) is 5.41 Å². The predicted molar refractivity (Wildman–Crippen MR) is 127 cm³/mol. The third kappa shape index (κ3) is 2.54. The Kier molecular flexibility index (Phi) is 3.74. The maximum Gasteiger partial charge on any atom is 0.269 e. The highest BCUT2D eigenvalue weighted by Gasteiger charge is 2.34. The smallest absolute Gasteiger partial charge is 0.269 e. The van der Waals surface area contributed by atoms with E-state index in [0.717, 1.165) is 5.69 Å². The zero-order valence-electron chi connectivity index (χ0n) is 18.5. The van der Waals surface area contributed by atoms with Crippen LogP contribution in [0.1, 0.15) is 50.3 Å². The molecule has 2 nitrogen and oxygen atoms in total. The van der Waals surface area contributed by atoms with Gasteiger partial charge in [-0.1, -0.05) is 88.4 Å². The third-order valence-corrected chi connectivity index (χ3v) is 6.95. The van der Waals surface area contributed by atoms with Crippen molar-refractivity contribution in [1.82, 2.24) is 4.57 Å². The molecule has 152 valence electrons. The summed E-state index contributed by atoms with van der Waals surface area (Å²) in [6.07, 6.45) is 3.69. The second-order valence-corrected chi connectivity index (χ2v) is 9.53. The molecule has 0 atom stereocenters. The highest BCUT2D eigenvalue weighted by atomic mass is 15.1. The number of fused-ring (bicyclic) bond motifs is 3. The van der Waals surface area contributed by atoms with E-state index >= 15 is 0 Å². The van der Waals surface area contributed by atoms with Gasteiger partial charge in [0.1, 0.15) is 0 Å². The molecular formula is C29H26N2. The molecule has 2 heteroatoms. The topological polar surface area (TPSA) is 8.81 Å². The van der Waals surface area contributed by atoms with Gasteiger partial charge in [0.15, 0.2) is 0 Å². The van der Waals surface area contributed by atoms with Gasteiger partial charge in [-0.2, -0.15) is 0 Å². The van der Waals surface area contributed by atoms with Crippen molar-refractivity contribution in [3.63, 3.8) is 0 Å². The molecule has 0 fully saturated rings. The van der Waals surface area contributed by atoms with Crippen LogP contribution in [0.15, 0.2) is 78.9 Å². The number of hydrogen-bond donors (Lipinski definition) is 0. The summed E-state index contributed by atoms with van der Waals surface area (Å²) in [5.41, 5.74) is 8.79. The molecule has 0 aliphatic carbocycles. The molecule has 2 heterocycles. The van der Waals surface area contributed by atoms with E-state index in [9.17, 15) is 0 Å². The lowest BCUT2D eigenvalue weighted by Gasteiger charge is -2.34. The van der Waals surface area contributed by atoms with Crippen molar-refractivity contribution in [3.05, 3.63) is 102 Å². The number of para-hydroxylation sites is 1. The molecule has 6 rings (SSSR count). The average Bonchev–Trinajstić information content (AvgIpc) is 3.17. The maximum atomic E-state index is 3.69. The van der Waals surface area contributed by atoms with E-state index in [1.807, 2.05) is 0 Å². The molecule has 0 N–H and O–H groups in total. The van der Waals surface area contributed by atoms with E-state index in [1.54, 1.807) is 0 Å². The van der Waals surface area contributed by atoms with Crippen LogP contribution in [0, 0.1) is 6.33 Å². The van der Waals surface area contributed by atoms with Gasteiger partial charge in [-0.05, 0) is 51.6 Å². The first kappa shape index (κ1) is 18.4. The van der Waals surface area contributed by atoms with Crippen molar-refractivity contribution in [1.29, 1.82) is 0 Å². The van der Waals surface area contributed by atoms with Crippen LogP contribution < -0.4 is 4.57 Å². The lowest BCUT2D eigenvalue weighted by molar-refractivity contribution is -0.575. The number of imidazole rings is 1. The number of rotatable bonds is 2. The van der Waals surface area contributed by atoms with E-state index < -0.39 is 0 Å². The lowest BCUT2D eigenvalue weighted by Crippen LogP contribution is -2.40. The number of nitrogens with zero attached hydrogens (tertiary/aromatic N) is 2. The van der Waals surface area contributed by atoms with E-state index in [0.29, 0.717) is 5.92 Å². The summed E-state index contributed by atoms with van der Waals surface area (Å²) in [5.74, 6) is 0.527. The highest BCUT2D eigenvalue weighted by Crippen LogP contribution is 2.42. The van der Waals surface area contributed by atoms with Gasteiger partial charge in [0, 0.05) is 5.41 Å². The summed E-state index contributed by atoms with van der Waals surface area (Å²) in [7, 11) is 0. The number of benzene rings is 4. The van der Waals surface area contributed by atoms with Crippen LogP contribution in [-0.4, -0.2) is 4.57 Å². The van der Waals surface area contributed by atoms with Crippen LogP contribution >= 0.6 is 0 Å². The fourth-order valence-corrected chi connectivity index (χ4v) is 5.09. The Bertz CT molecular complexity index is 1470. The van der Waals surface area contributed by atoms with Crippen molar-refractivity contribution in [3.8, 4) is 11.4 Å². The largest absolute Gasteiger partial charge is 0.292 e. The van der Waals surface area contributed by atoms with Crippen LogP contribution in [0.2, 0.25) is 0 Å². The minimum absolute atomic E-state index is 0.0829. The van der Waals surface area contributed by atoms with Crippen molar-refractivity contribution in [2.45, 2.75) is 39.0 Å². The van der Waals surface area contributed by atoms with Crippen molar-refractivity contribution < 1.29 is 4.57 Å². The summed E-state index contributed by atoms with van der Waals surface area (Å²) in [6, 6.07) is 28.9. The van der Waals surface area contributed by atoms with Crippen molar-refractivity contribution >= 4 is 21.8 Å². The average molecular weight is 403 g/mol. The molecule has 1 aliphatic heterocycles. The van der Waals surface area contributed by atoms with E-state index in [1.165, 1.54) is 44.2 Å². The summed E-state index contributed by atoms with van der Waals surface area (Å²) >= 11 is 0. The fraction of sp³-hybridized carbons (Fsp3) is 0.207. The van der Waals surface area contributed by atoms with Crippen LogP contribution in [0.4, 0.5) is 0 Å². The summed E-state index contributed by atoms with van der Waals surface area (Å²) in [6.45, 7) is 9.15. The summed E-state index contributed by atoms with van der Waals surface area (Å²) < 4.78 is 4.48. The van der Waals surface area contributed by atoms with Crippen molar-refractivity contribution in [2.75, 3.05) is 0 Å². The Labute approximate surface area is 183 Å². The Hall–Kier alpha value is -3.39. The molecular weight excluding hydrogens is 376 g/mol. The van der Waals surface area contributed by atoms with Gasteiger partial charge in [-0.15, -0.1) is 0 Å². The first-order valence-electron chi connectivity index (χ1n) is 11.1. The van der Waals surface area contributed by atoms with Gasteiger partial charge in [0.2, 0.25) is 0 Å². The standard InChI is InChI=1S/C29H26N2/c1-19(2)20-12-14-23(15-13-20)30-18-31-27-17-22-9-6-5-8-21(22)16-25(27)29(3,4)24-10-7-11-26(30)28(24)31/h5-17,19H,1-4H3. The van der Waals surface area contributed by atoms with E-state index in [4.69, 9.17) is 0 Å². The van der Waals surface area contributed by atoms with Gasteiger partial charge in [0.25, 0.3) is 6.33 Å². The predicted octanol–water partition coefficient (Wildman–Crippen LogP) is 6.62. The van der Waals surface area contributed by atoms with Crippen LogP contribution in [0.5, 0.6) is 0 Å². The molecule has 0 radical (unpaired) electrons. The zero-order chi connectivity index (χ0) is 21.3. The molecule has 0 saturated carbocycles. The van der Waals surface area contributed by atoms with Gasteiger partial charge in [-0.3, -0.25) is 9.13 Å². The summed E-state index contributed by atoms with van der Waals surface area (Å²) in [4.78, 5) is 0. The second kappa shape index (κ2) is 6.31. The molecule has 1 aliphatic rings. The Balaban J connectivity index is 1.67. The van der Waals surface area contributed by atoms with Gasteiger partial charge < -0.3 is 0 Å². The highest BCUT2D eigenvalue weighted by molar-refractivity contribution is 5.88. The molecule has 1 aromatic heterocycles. The first-order valence-corrected chi connectivity index (χ1v) is 11.1. The molecule has 0 spiro atoms. The monoisotopic (exact) mass is 402 g/mol. The molecule has 31 heavy (non-hydrogen) atoms. The van der Waals surface area contributed by atoms with Gasteiger partial charge >= 0.3 is 0 Å². The molecule has 0 saturated heterocycles. The SMILES string of the molecule is CC(C)c1ccc(-n2[c-][n+]3c4c(cccc42)C(C)(C)c2cc4ccccc4cc2-3)cc1. The second-order valence-electron chi connectivity index (χ2n) is 9.53. The van der Waals surface area contributed by atoms with Gasteiger partial charge in [0.05, 0.1) is 22.4 Å². The van der Waals surface area contributed by atoms with Gasteiger partial charge in [-0.25, -0.2) is 0 Å². The third-order valence-electron chi connectivity index (χ3n) is 6.95. The summed E-state index contributed by atoms with van der Waals surface area (Å²) in [5, 5.41) is 2.55. The Morgan fingerprint density at radius 2 is 1.52 bits per heavy atom. The quantitative estimate of drug-likeness (QED) is 0.232. The maximum absolute atomic E-state index is 3.69. The minimum atomic E-state index is -0.0829. The number of hydrogen-bond acceptors (Lipinski definition) is 0. The molecule has 0 bridgehead atoms. The molecule has 4 aromatic carbocycles. The molecule has 0 unspecified atom stereocenters. The lowest BCUT2D eigenvalue weighted by atomic mass is 9.74. The molecule has 5 aromatic rings. The number of aromatic nitrogens is 2. The normalized spacial score (nSPS) is 14.4. The molecule has 0 amide bonds. The first-order chi connectivity index (χ1) is 14.9. The Morgan fingerprint density at radius 1 is 0.806 bits per heavy atom. The fourth-order valence-electron chi connectivity index (χ4n) is 5.09. The van der Waals surface area contributed by atoms with Crippen molar-refractivity contribution in [2.24, 2.45) is 0 Å². The van der Waals surface area contributed by atoms with Crippen LogP contribution in [0.25, 0.3) is 33.2 Å². The Morgan fingerprint density at radius 3 is 2.23 bits per heavy atom. The zero-order valence-corrected chi connectivity index (χ0v) is 18.5. The minimum Gasteiger partial charge on any atom is -0.292 e. The van der Waals surface area contributed by atoms with Crippen LogP contribution in [-0.2, 0) is 5.41 Å².